The summed E-state index contributed by atoms with van der Waals surface area (Å²) in [5.74, 6) is -0.152. The van der Waals surface area contributed by atoms with E-state index in [0.717, 1.165) is 0 Å². The van der Waals surface area contributed by atoms with E-state index in [-0.39, 0.29) is 18.6 Å². The fourth-order valence-corrected chi connectivity index (χ4v) is 1.05. The van der Waals surface area contributed by atoms with Crippen LogP contribution in [0.2, 0.25) is 0 Å². The molecule has 3 N–H and O–H groups in total. The van der Waals surface area contributed by atoms with E-state index in [1.165, 1.54) is 7.11 Å². The molecule has 0 heterocycles. The first kappa shape index (κ1) is 11.3. The number of carbonyl (C=O) groups excluding carboxylic acids is 1. The topological polar surface area (TPSA) is 64.3 Å². The van der Waals surface area contributed by atoms with Crippen molar-refractivity contribution in [2.45, 2.75) is 19.4 Å². The van der Waals surface area contributed by atoms with Gasteiger partial charge in [0.05, 0.1) is 4.99 Å². The van der Waals surface area contributed by atoms with Crippen molar-refractivity contribution in [1.82, 2.24) is 5.32 Å². The first-order valence-corrected chi connectivity index (χ1v) is 4.03. The van der Waals surface area contributed by atoms with Gasteiger partial charge in [-0.05, 0) is 6.92 Å². The molecule has 0 aromatic rings. The van der Waals surface area contributed by atoms with Crippen LogP contribution in [0.1, 0.15) is 13.3 Å². The number of rotatable bonds is 5. The van der Waals surface area contributed by atoms with E-state index in [0.29, 0.717) is 11.4 Å². The van der Waals surface area contributed by atoms with Crippen molar-refractivity contribution < 1.29 is 9.53 Å². The summed E-state index contributed by atoms with van der Waals surface area (Å²) < 4.78 is 4.63. The first-order valence-electron chi connectivity index (χ1n) is 3.63. The van der Waals surface area contributed by atoms with Crippen molar-refractivity contribution in [1.29, 1.82) is 0 Å². The van der Waals surface area contributed by atoms with E-state index in [1.807, 2.05) is 6.92 Å². The third-order valence-corrected chi connectivity index (χ3v) is 1.36. The van der Waals surface area contributed by atoms with Gasteiger partial charge in [-0.3, -0.25) is 4.79 Å². The zero-order valence-electron chi connectivity index (χ0n) is 7.29. The summed E-state index contributed by atoms with van der Waals surface area (Å²) >= 11 is 4.68. The highest BCUT2D eigenvalue weighted by molar-refractivity contribution is 7.80. The average Bonchev–Trinajstić information content (AvgIpc) is 1.84. The van der Waals surface area contributed by atoms with Crippen molar-refractivity contribution in [2.75, 3.05) is 13.7 Å². The molecule has 4 nitrogen and oxygen atoms in total. The molecule has 0 aliphatic rings. The van der Waals surface area contributed by atoms with Gasteiger partial charge in [-0.1, -0.05) is 12.2 Å². The van der Waals surface area contributed by atoms with E-state index >= 15 is 0 Å². The Balaban J connectivity index is 3.61. The van der Waals surface area contributed by atoms with Crippen LogP contribution >= 0.6 is 12.2 Å². The number of hydrogen-bond donors (Lipinski definition) is 2. The smallest absolute Gasteiger partial charge is 0.246 e. The summed E-state index contributed by atoms with van der Waals surface area (Å²) in [6, 6.07) is -0.0230. The van der Waals surface area contributed by atoms with Crippen LogP contribution in [0.25, 0.3) is 0 Å². The molecule has 0 saturated heterocycles. The lowest BCUT2D eigenvalue weighted by molar-refractivity contribution is -0.125. The Hall–Kier alpha value is -0.680. The third kappa shape index (κ3) is 6.06. The molecular formula is C7H14N2O2S. The zero-order valence-corrected chi connectivity index (χ0v) is 8.11. The highest BCUT2D eigenvalue weighted by Gasteiger charge is 2.06. The van der Waals surface area contributed by atoms with Crippen LogP contribution in [-0.2, 0) is 9.53 Å². The van der Waals surface area contributed by atoms with E-state index in [4.69, 9.17) is 5.73 Å². The average molecular weight is 190 g/mol. The number of carbonyl (C=O) groups is 1. The predicted octanol–water partition coefficient (Wildman–Crippen LogP) is -0.186. The molecule has 1 unspecified atom stereocenters. The fraction of sp³-hybridized carbons (Fsp3) is 0.714. The van der Waals surface area contributed by atoms with Crippen LogP contribution in [0.5, 0.6) is 0 Å². The normalized spacial score (nSPS) is 12.2. The lowest BCUT2D eigenvalue weighted by atomic mass is 10.2. The van der Waals surface area contributed by atoms with E-state index in [2.05, 4.69) is 22.3 Å². The molecule has 0 fully saturated rings. The summed E-state index contributed by atoms with van der Waals surface area (Å²) in [6.45, 7) is 1.91. The Bertz CT molecular complexity index is 173. The minimum Gasteiger partial charge on any atom is -0.393 e. The molecule has 0 aliphatic carbocycles. The number of nitrogens with two attached hydrogens (primary N) is 1. The molecule has 0 aromatic heterocycles. The van der Waals surface area contributed by atoms with E-state index in [1.54, 1.807) is 0 Å². The summed E-state index contributed by atoms with van der Waals surface area (Å²) in [4.78, 5) is 11.3. The fourth-order valence-electron chi connectivity index (χ4n) is 0.800. The van der Waals surface area contributed by atoms with Gasteiger partial charge >= 0.3 is 0 Å². The van der Waals surface area contributed by atoms with E-state index < -0.39 is 0 Å². The van der Waals surface area contributed by atoms with Crippen LogP contribution in [-0.4, -0.2) is 30.7 Å². The molecule has 0 aromatic carbocycles. The summed E-state index contributed by atoms with van der Waals surface area (Å²) in [5, 5.41) is 2.68. The Morgan fingerprint density at radius 2 is 2.33 bits per heavy atom. The maximum absolute atomic E-state index is 10.9. The predicted molar refractivity (Wildman–Crippen MR) is 50.9 cm³/mol. The lowest BCUT2D eigenvalue weighted by Crippen LogP contribution is -2.37. The number of ether oxygens (including phenoxy) is 1. The number of nitrogens with one attached hydrogen (secondary N) is 1. The summed E-state index contributed by atoms with van der Waals surface area (Å²) in [5.41, 5.74) is 5.29. The van der Waals surface area contributed by atoms with Gasteiger partial charge in [0, 0.05) is 19.6 Å². The Labute approximate surface area is 77.5 Å². The SMILES string of the molecule is COCC(=O)NC(C)CC(N)=S. The van der Waals surface area contributed by atoms with Crippen molar-refractivity contribution in [2.24, 2.45) is 5.73 Å². The lowest BCUT2D eigenvalue weighted by Gasteiger charge is -2.11. The molecule has 12 heavy (non-hydrogen) atoms. The molecular weight excluding hydrogens is 176 g/mol. The van der Waals surface area contributed by atoms with Gasteiger partial charge in [-0.25, -0.2) is 0 Å². The van der Waals surface area contributed by atoms with Crippen molar-refractivity contribution in [3.8, 4) is 0 Å². The quantitative estimate of drug-likeness (QED) is 0.590. The van der Waals surface area contributed by atoms with Crippen LogP contribution in [0.15, 0.2) is 0 Å². The molecule has 0 rings (SSSR count). The monoisotopic (exact) mass is 190 g/mol. The Kier molecular flexibility index (Phi) is 5.57. The number of hydrogen-bond acceptors (Lipinski definition) is 3. The van der Waals surface area contributed by atoms with Crippen molar-refractivity contribution in [3.63, 3.8) is 0 Å². The molecule has 0 spiro atoms. The number of thiocarbonyl (C=S) groups is 1. The van der Waals surface area contributed by atoms with Gasteiger partial charge in [-0.2, -0.15) is 0 Å². The van der Waals surface area contributed by atoms with Gasteiger partial charge < -0.3 is 15.8 Å². The molecule has 1 atom stereocenters. The van der Waals surface area contributed by atoms with Gasteiger partial charge in [0.15, 0.2) is 0 Å². The minimum atomic E-state index is -0.152. The standard InChI is InChI=1S/C7H14N2O2S/c1-5(3-6(8)12)9-7(10)4-11-2/h5H,3-4H2,1-2H3,(H2,8,12)(H,9,10). The Morgan fingerprint density at radius 3 is 2.75 bits per heavy atom. The molecule has 1 amide bonds. The number of methoxy groups -OCH3 is 1. The van der Waals surface area contributed by atoms with Crippen LogP contribution in [0.4, 0.5) is 0 Å². The van der Waals surface area contributed by atoms with E-state index in [9.17, 15) is 4.79 Å². The molecule has 0 bridgehead atoms. The molecule has 70 valence electrons. The van der Waals surface area contributed by atoms with Gasteiger partial charge in [-0.15, -0.1) is 0 Å². The molecule has 0 radical (unpaired) electrons. The van der Waals surface area contributed by atoms with Gasteiger partial charge in [0.1, 0.15) is 6.61 Å². The Morgan fingerprint density at radius 1 is 1.75 bits per heavy atom. The van der Waals surface area contributed by atoms with Crippen molar-refractivity contribution >= 4 is 23.1 Å². The third-order valence-electron chi connectivity index (χ3n) is 1.19. The van der Waals surface area contributed by atoms with Crippen LogP contribution in [0.3, 0.4) is 0 Å². The summed E-state index contributed by atoms with van der Waals surface area (Å²) in [6.07, 6.45) is 0.519. The van der Waals surface area contributed by atoms with Crippen LogP contribution in [0, 0.1) is 0 Å². The zero-order chi connectivity index (χ0) is 9.56. The second-order valence-electron chi connectivity index (χ2n) is 2.57. The van der Waals surface area contributed by atoms with Gasteiger partial charge in [0.25, 0.3) is 0 Å². The second-order valence-corrected chi connectivity index (χ2v) is 3.10. The van der Waals surface area contributed by atoms with Gasteiger partial charge in [0.2, 0.25) is 5.91 Å². The summed E-state index contributed by atoms with van der Waals surface area (Å²) in [7, 11) is 1.47. The highest BCUT2D eigenvalue weighted by Crippen LogP contribution is 1.90. The maximum Gasteiger partial charge on any atom is 0.246 e. The largest absolute Gasteiger partial charge is 0.393 e. The minimum absolute atomic E-state index is 0.0230. The number of amides is 1. The van der Waals surface area contributed by atoms with Crippen molar-refractivity contribution in [3.05, 3.63) is 0 Å². The molecule has 5 heteroatoms. The molecule has 0 aliphatic heterocycles. The second kappa shape index (κ2) is 5.91. The first-order chi connectivity index (χ1) is 5.56. The van der Waals surface area contributed by atoms with Crippen LogP contribution < -0.4 is 11.1 Å². The maximum atomic E-state index is 10.9. The highest BCUT2D eigenvalue weighted by atomic mass is 32.1. The molecule has 0 saturated carbocycles.